The summed E-state index contributed by atoms with van der Waals surface area (Å²) < 4.78 is 27.0. The van der Waals surface area contributed by atoms with Crippen LogP contribution in [0.25, 0.3) is 10.2 Å². The molecule has 6 nitrogen and oxygen atoms in total. The van der Waals surface area contributed by atoms with Crippen LogP contribution in [0.1, 0.15) is 22.6 Å². The monoisotopic (exact) mass is 351 g/mol. The van der Waals surface area contributed by atoms with Crippen molar-refractivity contribution in [3.8, 4) is 0 Å². The van der Waals surface area contributed by atoms with E-state index in [1.807, 2.05) is 24.3 Å². The van der Waals surface area contributed by atoms with E-state index >= 15 is 0 Å². The van der Waals surface area contributed by atoms with Gasteiger partial charge in [-0.25, -0.2) is 13.4 Å². The average molecular weight is 351 g/mol. The molecule has 2 heterocycles. The van der Waals surface area contributed by atoms with E-state index in [2.05, 4.69) is 4.98 Å². The van der Waals surface area contributed by atoms with E-state index in [0.717, 1.165) is 23.1 Å². The predicted molar refractivity (Wildman–Crippen MR) is 89.0 cm³/mol. The molecule has 0 unspecified atom stereocenters. The molecule has 1 amide bonds. The zero-order valence-corrected chi connectivity index (χ0v) is 14.1. The lowest BCUT2D eigenvalue weighted by atomic mass is 10.3. The van der Waals surface area contributed by atoms with E-state index in [4.69, 9.17) is 0 Å². The molecular formula is C15H17N3O3S2. The van der Waals surface area contributed by atoms with E-state index in [0.29, 0.717) is 31.2 Å². The zero-order chi connectivity index (χ0) is 16.0. The van der Waals surface area contributed by atoms with Crippen LogP contribution in [0.3, 0.4) is 0 Å². The van der Waals surface area contributed by atoms with Crippen LogP contribution in [0.15, 0.2) is 24.3 Å². The van der Waals surface area contributed by atoms with Gasteiger partial charge in [-0.2, -0.15) is 4.31 Å². The molecule has 0 spiro atoms. The Kier molecular flexibility index (Phi) is 3.62. The zero-order valence-electron chi connectivity index (χ0n) is 12.5. The first-order valence-corrected chi connectivity index (χ1v) is 10.0. The van der Waals surface area contributed by atoms with Gasteiger partial charge in [0.25, 0.3) is 5.91 Å². The first-order valence-electron chi connectivity index (χ1n) is 7.69. The molecule has 0 radical (unpaired) electrons. The Morgan fingerprint density at radius 1 is 1.13 bits per heavy atom. The molecule has 0 bridgehead atoms. The number of rotatable bonds is 3. The van der Waals surface area contributed by atoms with Gasteiger partial charge in [0, 0.05) is 26.2 Å². The molecule has 8 heteroatoms. The average Bonchev–Trinajstić information content (AvgIpc) is 3.34. The van der Waals surface area contributed by atoms with Crippen molar-refractivity contribution in [1.29, 1.82) is 0 Å². The van der Waals surface area contributed by atoms with E-state index < -0.39 is 10.0 Å². The second kappa shape index (κ2) is 5.54. The molecule has 122 valence electrons. The number of piperazine rings is 1. The summed E-state index contributed by atoms with van der Waals surface area (Å²) in [5.74, 6) is -0.102. The topological polar surface area (TPSA) is 70.6 Å². The highest BCUT2D eigenvalue weighted by atomic mass is 32.2. The SMILES string of the molecule is O=C(c1nc2ccccc2s1)N1CCN(S(=O)(=O)C2CC2)CC1. The molecular weight excluding hydrogens is 334 g/mol. The number of aromatic nitrogens is 1. The van der Waals surface area contributed by atoms with Crippen LogP contribution in [-0.2, 0) is 10.0 Å². The molecule has 23 heavy (non-hydrogen) atoms. The van der Waals surface area contributed by atoms with Crippen LogP contribution >= 0.6 is 11.3 Å². The molecule has 2 aromatic rings. The molecule has 1 aromatic carbocycles. The van der Waals surface area contributed by atoms with Crippen molar-refractivity contribution in [3.63, 3.8) is 0 Å². The first-order chi connectivity index (χ1) is 11.1. The van der Waals surface area contributed by atoms with Crippen LogP contribution < -0.4 is 0 Å². The van der Waals surface area contributed by atoms with Crippen molar-refractivity contribution in [2.75, 3.05) is 26.2 Å². The van der Waals surface area contributed by atoms with Gasteiger partial charge >= 0.3 is 0 Å². The number of nitrogens with zero attached hydrogens (tertiary/aromatic N) is 3. The summed E-state index contributed by atoms with van der Waals surface area (Å²) in [6.07, 6.45) is 1.54. The Balaban J connectivity index is 1.46. The molecule has 1 aromatic heterocycles. The van der Waals surface area contributed by atoms with Gasteiger partial charge in [0.05, 0.1) is 15.5 Å². The van der Waals surface area contributed by atoms with Gasteiger partial charge in [-0.15, -0.1) is 11.3 Å². The number of fused-ring (bicyclic) bond motifs is 1. The van der Waals surface area contributed by atoms with Crippen molar-refractivity contribution in [3.05, 3.63) is 29.3 Å². The third kappa shape index (κ3) is 2.75. The summed E-state index contributed by atoms with van der Waals surface area (Å²) in [6.45, 7) is 1.63. The van der Waals surface area contributed by atoms with E-state index in [1.165, 1.54) is 15.6 Å². The summed E-state index contributed by atoms with van der Waals surface area (Å²) in [7, 11) is -3.14. The molecule has 1 aliphatic heterocycles. The molecule has 1 aliphatic carbocycles. The molecule has 0 N–H and O–H groups in total. The Morgan fingerprint density at radius 3 is 2.48 bits per heavy atom. The maximum Gasteiger partial charge on any atom is 0.282 e. The van der Waals surface area contributed by atoms with Gasteiger partial charge in [-0.3, -0.25) is 4.79 Å². The third-order valence-electron chi connectivity index (χ3n) is 4.31. The predicted octanol–water partition coefficient (Wildman–Crippen LogP) is 1.55. The Morgan fingerprint density at radius 2 is 1.83 bits per heavy atom. The van der Waals surface area contributed by atoms with Gasteiger partial charge in [-0.05, 0) is 25.0 Å². The lowest BCUT2D eigenvalue weighted by molar-refractivity contribution is 0.0697. The number of amides is 1. The van der Waals surface area contributed by atoms with Crippen molar-refractivity contribution >= 4 is 37.5 Å². The summed E-state index contributed by atoms with van der Waals surface area (Å²) in [5, 5.41) is 0.290. The molecule has 0 atom stereocenters. The number of para-hydroxylation sites is 1. The highest BCUT2D eigenvalue weighted by molar-refractivity contribution is 7.90. The quantitative estimate of drug-likeness (QED) is 0.841. The maximum absolute atomic E-state index is 12.6. The number of sulfonamides is 1. The molecule has 4 rings (SSSR count). The van der Waals surface area contributed by atoms with Crippen molar-refractivity contribution < 1.29 is 13.2 Å². The standard InChI is InChI=1S/C15H17N3O3S2/c19-15(14-16-12-3-1-2-4-13(12)22-14)17-7-9-18(10-8-17)23(20,21)11-5-6-11/h1-4,11H,5-10H2. The molecule has 2 aliphatic rings. The second-order valence-electron chi connectivity index (χ2n) is 5.92. The van der Waals surface area contributed by atoms with Crippen LogP contribution in [0.5, 0.6) is 0 Å². The van der Waals surface area contributed by atoms with Crippen molar-refractivity contribution in [2.24, 2.45) is 0 Å². The number of hydrogen-bond donors (Lipinski definition) is 0. The van der Waals surface area contributed by atoms with Gasteiger partial charge in [-0.1, -0.05) is 12.1 Å². The van der Waals surface area contributed by atoms with E-state index in [-0.39, 0.29) is 11.2 Å². The van der Waals surface area contributed by atoms with Crippen molar-refractivity contribution in [1.82, 2.24) is 14.2 Å². The lowest BCUT2D eigenvalue weighted by Gasteiger charge is -2.33. The Bertz CT molecular complexity index is 817. The van der Waals surface area contributed by atoms with Crippen LogP contribution in [-0.4, -0.2) is 59.9 Å². The summed E-state index contributed by atoms with van der Waals surface area (Å²) >= 11 is 1.39. The molecule has 1 saturated heterocycles. The third-order valence-corrected chi connectivity index (χ3v) is 7.73. The van der Waals surface area contributed by atoms with Gasteiger partial charge in [0.2, 0.25) is 10.0 Å². The highest BCUT2D eigenvalue weighted by Crippen LogP contribution is 2.31. The summed E-state index contributed by atoms with van der Waals surface area (Å²) in [6, 6.07) is 7.67. The Labute approximate surface area is 138 Å². The summed E-state index contributed by atoms with van der Waals surface area (Å²) in [4.78, 5) is 18.7. The van der Waals surface area contributed by atoms with Crippen molar-refractivity contribution in [2.45, 2.75) is 18.1 Å². The smallest absolute Gasteiger partial charge is 0.282 e. The van der Waals surface area contributed by atoms with E-state index in [1.54, 1.807) is 4.90 Å². The summed E-state index contributed by atoms with van der Waals surface area (Å²) in [5.41, 5.74) is 0.829. The van der Waals surface area contributed by atoms with Crippen LogP contribution in [0, 0.1) is 0 Å². The number of hydrogen-bond acceptors (Lipinski definition) is 5. The molecule has 1 saturated carbocycles. The largest absolute Gasteiger partial charge is 0.334 e. The normalized spacial score (nSPS) is 20.1. The lowest BCUT2D eigenvalue weighted by Crippen LogP contribution is -2.51. The minimum absolute atomic E-state index is 0.102. The second-order valence-corrected chi connectivity index (χ2v) is 9.17. The minimum atomic E-state index is -3.14. The number of carbonyl (C=O) groups excluding carboxylic acids is 1. The van der Waals surface area contributed by atoms with Gasteiger partial charge < -0.3 is 4.90 Å². The number of benzene rings is 1. The number of carbonyl (C=O) groups is 1. The minimum Gasteiger partial charge on any atom is -0.334 e. The van der Waals surface area contributed by atoms with Gasteiger partial charge in [0.1, 0.15) is 0 Å². The van der Waals surface area contributed by atoms with E-state index in [9.17, 15) is 13.2 Å². The maximum atomic E-state index is 12.6. The Hall–Kier alpha value is -1.51. The molecule has 2 fully saturated rings. The van der Waals surface area contributed by atoms with Crippen LogP contribution in [0.2, 0.25) is 0 Å². The van der Waals surface area contributed by atoms with Crippen LogP contribution in [0.4, 0.5) is 0 Å². The fourth-order valence-corrected chi connectivity index (χ4v) is 5.58. The first kappa shape index (κ1) is 15.0. The fourth-order valence-electron chi connectivity index (χ4n) is 2.82. The van der Waals surface area contributed by atoms with Gasteiger partial charge in [0.15, 0.2) is 5.01 Å². The number of thiazole rings is 1. The fraction of sp³-hybridized carbons (Fsp3) is 0.467. The highest BCUT2D eigenvalue weighted by Gasteiger charge is 2.41.